The number of nitrogens with one attached hydrogen (secondary N) is 2. The fraction of sp³-hybridized carbons (Fsp3) is 0.500. The van der Waals surface area contributed by atoms with Gasteiger partial charge in [0.2, 0.25) is 0 Å². The van der Waals surface area contributed by atoms with E-state index in [0.717, 1.165) is 7.05 Å². The van der Waals surface area contributed by atoms with Crippen molar-refractivity contribution in [2.75, 3.05) is 7.05 Å². The van der Waals surface area contributed by atoms with Gasteiger partial charge in [0.1, 0.15) is 0 Å². The number of urea groups is 1. The van der Waals surface area contributed by atoms with E-state index in [-0.39, 0.29) is 0 Å². The highest BCUT2D eigenvalue weighted by Crippen LogP contribution is 2.15. The van der Waals surface area contributed by atoms with Gasteiger partial charge in [-0.15, -0.1) is 0 Å². The smallest absolute Gasteiger partial charge is 0.339 e. The molecule has 0 saturated carbocycles. The summed E-state index contributed by atoms with van der Waals surface area (Å²) >= 11 is 0. The van der Waals surface area contributed by atoms with Crippen LogP contribution >= 0.6 is 0 Å². The summed E-state index contributed by atoms with van der Waals surface area (Å²) in [7, 11) is 1.15. The molecule has 0 heterocycles. The van der Waals surface area contributed by atoms with E-state index in [1.807, 2.05) is 5.32 Å². The van der Waals surface area contributed by atoms with Crippen LogP contribution < -0.4 is 10.8 Å². The first kappa shape index (κ1) is 10.5. The van der Waals surface area contributed by atoms with E-state index in [9.17, 15) is 22.8 Å². The van der Waals surface area contributed by atoms with Gasteiger partial charge in [0.05, 0.1) is 0 Å². The van der Waals surface area contributed by atoms with Crippen molar-refractivity contribution in [3.05, 3.63) is 0 Å². The summed E-state index contributed by atoms with van der Waals surface area (Å²) in [6, 6.07) is -1.05. The third-order valence-electron chi connectivity index (χ3n) is 0.695. The molecule has 2 N–H and O–H groups in total. The number of rotatable bonds is 0. The molecule has 0 aromatic heterocycles. The summed E-state index contributed by atoms with van der Waals surface area (Å²) in [5.74, 6) is -2.48. The largest absolute Gasteiger partial charge is 0.493 e. The Morgan fingerprint density at radius 3 is 2.17 bits per heavy atom. The summed E-state index contributed by atoms with van der Waals surface area (Å²) in [5, 5.41) is 1.88. The van der Waals surface area contributed by atoms with Crippen LogP contribution in [-0.4, -0.2) is 25.2 Å². The Morgan fingerprint density at radius 2 is 1.83 bits per heavy atom. The third-order valence-corrected chi connectivity index (χ3v) is 0.695. The second-order valence-electron chi connectivity index (χ2n) is 1.57. The number of hydroxylamine groups is 1. The second kappa shape index (κ2) is 3.79. The van der Waals surface area contributed by atoms with Gasteiger partial charge >= 0.3 is 18.2 Å². The van der Waals surface area contributed by atoms with E-state index in [4.69, 9.17) is 0 Å². The minimum absolute atomic E-state index is 1.05. The van der Waals surface area contributed by atoms with Crippen molar-refractivity contribution in [2.45, 2.75) is 6.18 Å². The number of carbonyl (C=O) groups excluding carboxylic acids is 2. The normalized spacial score (nSPS) is 10.3. The topological polar surface area (TPSA) is 67.4 Å². The number of amides is 2. The Hall–Kier alpha value is -1.47. The molecule has 0 rings (SSSR count). The molecule has 70 valence electrons. The van der Waals surface area contributed by atoms with Gasteiger partial charge in [0, 0.05) is 7.05 Å². The molecule has 0 radical (unpaired) electrons. The molecule has 5 nitrogen and oxygen atoms in total. The van der Waals surface area contributed by atoms with Crippen LogP contribution in [0.2, 0.25) is 0 Å². The van der Waals surface area contributed by atoms with Crippen LogP contribution in [0.3, 0.4) is 0 Å². The Kier molecular flexibility index (Phi) is 3.32. The molecule has 0 aliphatic rings. The molecular formula is C4H5F3N2O3. The number of hydrogen-bond donors (Lipinski definition) is 2. The van der Waals surface area contributed by atoms with Gasteiger partial charge in [0.15, 0.2) is 0 Å². The zero-order chi connectivity index (χ0) is 9.78. The summed E-state index contributed by atoms with van der Waals surface area (Å²) in [4.78, 5) is 23.4. The van der Waals surface area contributed by atoms with Crippen molar-refractivity contribution in [3.8, 4) is 0 Å². The zero-order valence-electron chi connectivity index (χ0n) is 5.86. The zero-order valence-corrected chi connectivity index (χ0v) is 5.86. The quantitative estimate of drug-likeness (QED) is 0.520. The highest BCUT2D eigenvalue weighted by atomic mass is 19.4. The maximum Gasteiger partial charge on any atom is 0.493 e. The fourth-order valence-electron chi connectivity index (χ4n) is 0.202. The maximum atomic E-state index is 11.4. The third kappa shape index (κ3) is 3.64. The first-order valence-corrected chi connectivity index (χ1v) is 2.63. The van der Waals surface area contributed by atoms with Crippen LogP contribution in [0.25, 0.3) is 0 Å². The van der Waals surface area contributed by atoms with E-state index in [1.165, 1.54) is 5.48 Å². The molecule has 0 unspecified atom stereocenters. The van der Waals surface area contributed by atoms with Gasteiger partial charge in [-0.25, -0.2) is 9.59 Å². The number of carbonyl (C=O) groups is 2. The van der Waals surface area contributed by atoms with Crippen LogP contribution in [0.4, 0.5) is 18.0 Å². The Morgan fingerprint density at radius 1 is 1.33 bits per heavy atom. The molecule has 0 aliphatic carbocycles. The van der Waals surface area contributed by atoms with E-state index < -0.39 is 18.2 Å². The van der Waals surface area contributed by atoms with Crippen molar-refractivity contribution >= 4 is 12.0 Å². The highest BCUT2D eigenvalue weighted by molar-refractivity contribution is 5.79. The molecular weight excluding hydrogens is 181 g/mol. The van der Waals surface area contributed by atoms with Crippen molar-refractivity contribution < 1.29 is 27.6 Å². The van der Waals surface area contributed by atoms with Gasteiger partial charge in [-0.2, -0.15) is 18.7 Å². The average molecular weight is 186 g/mol. The van der Waals surface area contributed by atoms with Crippen LogP contribution in [0.15, 0.2) is 0 Å². The van der Waals surface area contributed by atoms with Gasteiger partial charge in [-0.05, 0) is 0 Å². The Bertz CT molecular complexity index is 190. The fourth-order valence-corrected chi connectivity index (χ4v) is 0.202. The Balaban J connectivity index is 3.81. The molecule has 0 aromatic carbocycles. The van der Waals surface area contributed by atoms with Gasteiger partial charge in [-0.3, -0.25) is 0 Å². The molecule has 0 atom stereocenters. The SMILES string of the molecule is CNC(=O)NOC(=O)C(F)(F)F. The van der Waals surface area contributed by atoms with Crippen LogP contribution in [0.5, 0.6) is 0 Å². The first-order chi connectivity index (χ1) is 5.38. The highest BCUT2D eigenvalue weighted by Gasteiger charge is 2.41. The molecule has 0 fully saturated rings. The van der Waals surface area contributed by atoms with Crippen LogP contribution in [-0.2, 0) is 9.63 Å². The van der Waals surface area contributed by atoms with Crippen molar-refractivity contribution in [1.29, 1.82) is 0 Å². The van der Waals surface area contributed by atoms with Crippen molar-refractivity contribution in [2.24, 2.45) is 0 Å². The minimum Gasteiger partial charge on any atom is -0.339 e. The summed E-state index contributed by atoms with van der Waals surface area (Å²) < 4.78 is 34.1. The lowest BCUT2D eigenvalue weighted by atomic mass is 10.7. The number of hydrogen-bond acceptors (Lipinski definition) is 3. The molecule has 0 aromatic rings. The molecule has 8 heteroatoms. The average Bonchev–Trinajstić information content (AvgIpc) is 1.97. The molecule has 0 saturated heterocycles. The molecule has 0 aliphatic heterocycles. The maximum absolute atomic E-state index is 11.4. The number of halogens is 3. The molecule has 2 amide bonds. The van der Waals surface area contributed by atoms with E-state index in [0.29, 0.717) is 0 Å². The van der Waals surface area contributed by atoms with E-state index in [2.05, 4.69) is 4.84 Å². The van der Waals surface area contributed by atoms with E-state index >= 15 is 0 Å². The molecule has 0 spiro atoms. The summed E-state index contributed by atoms with van der Waals surface area (Å²) in [6.45, 7) is 0. The summed E-state index contributed by atoms with van der Waals surface area (Å²) in [5.41, 5.74) is 1.22. The van der Waals surface area contributed by atoms with Gasteiger partial charge in [0.25, 0.3) is 0 Å². The molecule has 0 bridgehead atoms. The van der Waals surface area contributed by atoms with Crippen molar-refractivity contribution in [1.82, 2.24) is 10.8 Å². The van der Waals surface area contributed by atoms with Gasteiger partial charge in [-0.1, -0.05) is 0 Å². The lowest BCUT2D eigenvalue weighted by molar-refractivity contribution is -0.204. The lowest BCUT2D eigenvalue weighted by Gasteiger charge is -2.06. The predicted octanol–water partition coefficient (Wildman–Crippen LogP) is -0.0641. The standard InChI is InChI=1S/C4H5F3N2O3/c1-8-3(11)9-12-2(10)4(5,6)7/h1H3,(H2,8,9,11). The first-order valence-electron chi connectivity index (χ1n) is 2.63. The second-order valence-corrected chi connectivity index (χ2v) is 1.57. The van der Waals surface area contributed by atoms with Crippen LogP contribution in [0, 0.1) is 0 Å². The van der Waals surface area contributed by atoms with Gasteiger partial charge < -0.3 is 10.2 Å². The Labute approximate surface area is 64.8 Å². The monoisotopic (exact) mass is 186 g/mol. The minimum atomic E-state index is -5.11. The van der Waals surface area contributed by atoms with Crippen LogP contribution in [0.1, 0.15) is 0 Å². The summed E-state index contributed by atoms with van der Waals surface area (Å²) in [6.07, 6.45) is -5.11. The van der Waals surface area contributed by atoms with Crippen molar-refractivity contribution in [3.63, 3.8) is 0 Å². The predicted molar refractivity (Wildman–Crippen MR) is 29.7 cm³/mol. The number of alkyl halides is 3. The molecule has 12 heavy (non-hydrogen) atoms. The van der Waals surface area contributed by atoms with E-state index in [1.54, 1.807) is 0 Å². The lowest BCUT2D eigenvalue weighted by Crippen LogP contribution is -2.38.